The van der Waals surface area contributed by atoms with Crippen molar-refractivity contribution in [2.24, 2.45) is 52.3 Å². The Labute approximate surface area is 206 Å². The SMILES string of the molecule is CC.CCCCC(C)C1CCC2C3CCC4CC(OC(=O)C(C)C)CCC4(C)C3CCC12C. The van der Waals surface area contributed by atoms with Crippen LogP contribution < -0.4 is 0 Å². The standard InChI is InChI=1S/C29H50O2.C2H6/c1-7-8-9-20(4)24-12-13-25-23-11-10-21-18-22(31-27(30)19(2)3)14-16-28(21,5)26(23)15-17-29(24,25)6;1-2/h19-26H,7-18H2,1-6H3;1-2H3. The van der Waals surface area contributed by atoms with Gasteiger partial charge in [-0.2, -0.15) is 0 Å². The smallest absolute Gasteiger partial charge is 0.308 e. The summed E-state index contributed by atoms with van der Waals surface area (Å²) in [5, 5.41) is 0. The predicted octanol–water partition coefficient (Wildman–Crippen LogP) is 9.07. The molecule has 4 aliphatic carbocycles. The average Bonchev–Trinajstić information content (AvgIpc) is 3.16. The normalized spacial score (nSPS) is 42.9. The number of unbranched alkanes of at least 4 members (excludes halogenated alkanes) is 1. The van der Waals surface area contributed by atoms with E-state index in [0.29, 0.717) is 10.8 Å². The lowest BCUT2D eigenvalue weighted by atomic mass is 9.44. The van der Waals surface area contributed by atoms with Crippen molar-refractivity contribution in [2.75, 3.05) is 0 Å². The quantitative estimate of drug-likeness (QED) is 0.369. The molecule has 0 heterocycles. The summed E-state index contributed by atoms with van der Waals surface area (Å²) in [5.74, 6) is 5.47. The fourth-order valence-electron chi connectivity index (χ4n) is 9.33. The molecule has 0 spiro atoms. The Morgan fingerprint density at radius 2 is 1.58 bits per heavy atom. The van der Waals surface area contributed by atoms with E-state index in [-0.39, 0.29) is 18.0 Å². The second kappa shape index (κ2) is 11.0. The molecule has 0 amide bonds. The molecule has 9 atom stereocenters. The van der Waals surface area contributed by atoms with Crippen molar-refractivity contribution in [3.05, 3.63) is 0 Å². The average molecular weight is 461 g/mol. The van der Waals surface area contributed by atoms with Crippen molar-refractivity contribution in [3.8, 4) is 0 Å². The molecular weight excluding hydrogens is 404 g/mol. The van der Waals surface area contributed by atoms with E-state index in [2.05, 4.69) is 27.7 Å². The Morgan fingerprint density at radius 3 is 2.24 bits per heavy atom. The summed E-state index contributed by atoms with van der Waals surface area (Å²) in [4.78, 5) is 12.2. The van der Waals surface area contributed by atoms with Gasteiger partial charge in [0.05, 0.1) is 5.92 Å². The topological polar surface area (TPSA) is 26.3 Å². The highest BCUT2D eigenvalue weighted by atomic mass is 16.5. The maximum absolute atomic E-state index is 12.2. The highest BCUT2D eigenvalue weighted by Gasteiger charge is 2.60. The molecule has 2 heteroatoms. The zero-order valence-corrected chi connectivity index (χ0v) is 23.4. The van der Waals surface area contributed by atoms with E-state index in [0.717, 1.165) is 48.3 Å². The maximum Gasteiger partial charge on any atom is 0.308 e. The Balaban J connectivity index is 0.00000149. The fraction of sp³-hybridized carbons (Fsp3) is 0.968. The minimum Gasteiger partial charge on any atom is -0.462 e. The lowest BCUT2D eigenvalue weighted by molar-refractivity contribution is -0.165. The number of carbonyl (C=O) groups excluding carboxylic acids is 1. The van der Waals surface area contributed by atoms with Gasteiger partial charge >= 0.3 is 5.97 Å². The van der Waals surface area contributed by atoms with E-state index in [1.807, 2.05) is 27.7 Å². The van der Waals surface area contributed by atoms with Crippen molar-refractivity contribution in [1.29, 1.82) is 0 Å². The van der Waals surface area contributed by atoms with Crippen LogP contribution in [0.3, 0.4) is 0 Å². The molecule has 0 aromatic rings. The van der Waals surface area contributed by atoms with Gasteiger partial charge in [0, 0.05) is 0 Å². The first-order valence-electron chi connectivity index (χ1n) is 14.9. The van der Waals surface area contributed by atoms with Crippen LogP contribution in [0.2, 0.25) is 0 Å². The number of fused-ring (bicyclic) bond motifs is 5. The molecule has 4 saturated carbocycles. The van der Waals surface area contributed by atoms with E-state index < -0.39 is 0 Å². The second-order valence-electron chi connectivity index (χ2n) is 13.0. The van der Waals surface area contributed by atoms with Crippen LogP contribution in [-0.4, -0.2) is 12.1 Å². The molecule has 0 radical (unpaired) electrons. The maximum atomic E-state index is 12.2. The number of rotatable bonds is 6. The van der Waals surface area contributed by atoms with Gasteiger partial charge in [-0.15, -0.1) is 0 Å². The highest BCUT2D eigenvalue weighted by Crippen LogP contribution is 2.68. The van der Waals surface area contributed by atoms with Gasteiger partial charge in [0.25, 0.3) is 0 Å². The highest BCUT2D eigenvalue weighted by molar-refractivity contribution is 5.71. The summed E-state index contributed by atoms with van der Waals surface area (Å²) < 4.78 is 5.90. The Hall–Kier alpha value is -0.530. The van der Waals surface area contributed by atoms with Gasteiger partial charge in [0.15, 0.2) is 0 Å². The summed E-state index contributed by atoms with van der Waals surface area (Å²) in [6.45, 7) is 18.2. The van der Waals surface area contributed by atoms with Crippen molar-refractivity contribution in [1.82, 2.24) is 0 Å². The zero-order chi connectivity index (χ0) is 24.4. The summed E-state index contributed by atoms with van der Waals surface area (Å²) in [7, 11) is 0. The van der Waals surface area contributed by atoms with E-state index in [1.165, 1.54) is 64.2 Å². The van der Waals surface area contributed by atoms with Crippen LogP contribution in [0.5, 0.6) is 0 Å². The molecule has 2 nitrogen and oxygen atoms in total. The minimum atomic E-state index is -0.00454. The summed E-state index contributed by atoms with van der Waals surface area (Å²) in [5.41, 5.74) is 1.08. The molecule has 192 valence electrons. The molecule has 0 aromatic carbocycles. The second-order valence-corrected chi connectivity index (χ2v) is 13.0. The van der Waals surface area contributed by atoms with E-state index >= 15 is 0 Å². The van der Waals surface area contributed by atoms with Crippen LogP contribution in [0.4, 0.5) is 0 Å². The first-order valence-corrected chi connectivity index (χ1v) is 14.9. The van der Waals surface area contributed by atoms with Gasteiger partial charge < -0.3 is 4.74 Å². The van der Waals surface area contributed by atoms with Crippen LogP contribution in [0, 0.1) is 52.3 Å². The molecule has 33 heavy (non-hydrogen) atoms. The third-order valence-corrected chi connectivity index (χ3v) is 11.1. The summed E-state index contributed by atoms with van der Waals surface area (Å²) >= 11 is 0. The third-order valence-electron chi connectivity index (χ3n) is 11.1. The zero-order valence-electron chi connectivity index (χ0n) is 23.4. The van der Waals surface area contributed by atoms with E-state index in [1.54, 1.807) is 0 Å². The fourth-order valence-corrected chi connectivity index (χ4v) is 9.33. The number of hydrogen-bond acceptors (Lipinski definition) is 2. The Morgan fingerprint density at radius 1 is 0.909 bits per heavy atom. The monoisotopic (exact) mass is 460 g/mol. The van der Waals surface area contributed by atoms with Gasteiger partial charge in [0.2, 0.25) is 0 Å². The van der Waals surface area contributed by atoms with E-state index in [9.17, 15) is 4.79 Å². The van der Waals surface area contributed by atoms with Gasteiger partial charge in [0.1, 0.15) is 6.10 Å². The third kappa shape index (κ3) is 5.06. The minimum absolute atomic E-state index is 0.00454. The number of esters is 1. The van der Waals surface area contributed by atoms with Gasteiger partial charge in [-0.05, 0) is 104 Å². The molecule has 4 rings (SSSR count). The van der Waals surface area contributed by atoms with Crippen molar-refractivity contribution < 1.29 is 9.53 Å². The molecule has 4 fully saturated rings. The molecular formula is C31H56O2. The lowest BCUT2D eigenvalue weighted by Crippen LogP contribution is -2.54. The molecule has 9 unspecified atom stereocenters. The van der Waals surface area contributed by atoms with Crippen LogP contribution >= 0.6 is 0 Å². The number of carbonyl (C=O) groups is 1. The van der Waals surface area contributed by atoms with Crippen LogP contribution in [0.1, 0.15) is 132 Å². The predicted molar refractivity (Wildman–Crippen MR) is 140 cm³/mol. The Bertz CT molecular complexity index is 641. The number of hydrogen-bond donors (Lipinski definition) is 0. The van der Waals surface area contributed by atoms with Crippen LogP contribution in [0.25, 0.3) is 0 Å². The molecule has 0 saturated heterocycles. The lowest BCUT2D eigenvalue weighted by Gasteiger charge is -2.61. The van der Waals surface area contributed by atoms with Crippen molar-refractivity contribution in [2.45, 2.75) is 139 Å². The summed E-state index contributed by atoms with van der Waals surface area (Å²) in [6, 6.07) is 0. The molecule has 0 N–H and O–H groups in total. The summed E-state index contributed by atoms with van der Waals surface area (Å²) in [6.07, 6.45) is 16.6. The van der Waals surface area contributed by atoms with Crippen LogP contribution in [-0.2, 0) is 9.53 Å². The molecule has 0 aliphatic heterocycles. The van der Waals surface area contributed by atoms with Crippen molar-refractivity contribution >= 4 is 5.97 Å². The first-order chi connectivity index (χ1) is 15.7. The molecule has 0 aromatic heterocycles. The number of ether oxygens (including phenoxy) is 1. The van der Waals surface area contributed by atoms with Crippen molar-refractivity contribution in [3.63, 3.8) is 0 Å². The molecule has 0 bridgehead atoms. The van der Waals surface area contributed by atoms with E-state index in [4.69, 9.17) is 4.74 Å². The van der Waals surface area contributed by atoms with Gasteiger partial charge in [-0.25, -0.2) is 0 Å². The van der Waals surface area contributed by atoms with Gasteiger partial charge in [-0.1, -0.05) is 74.7 Å². The molecule has 4 aliphatic rings. The van der Waals surface area contributed by atoms with Crippen LogP contribution in [0.15, 0.2) is 0 Å². The van der Waals surface area contributed by atoms with Gasteiger partial charge in [-0.3, -0.25) is 4.79 Å². The Kier molecular flexibility index (Phi) is 9.05. The largest absolute Gasteiger partial charge is 0.462 e. The first kappa shape index (κ1) is 27.1.